The molecule has 2 rings (SSSR count). The third-order valence-corrected chi connectivity index (χ3v) is 1.68. The van der Waals surface area contributed by atoms with E-state index in [0.717, 1.165) is 6.20 Å². The van der Waals surface area contributed by atoms with E-state index in [2.05, 4.69) is 15.0 Å². The van der Waals surface area contributed by atoms with Crippen LogP contribution in [0.4, 0.5) is 4.39 Å². The monoisotopic (exact) mass is 191 g/mol. The fraction of sp³-hybridized carbons (Fsp3) is 0. The Labute approximate surface area is 78.5 Å². The van der Waals surface area contributed by atoms with E-state index in [1.165, 1.54) is 24.7 Å². The van der Waals surface area contributed by atoms with Crippen molar-refractivity contribution < 1.29 is 4.39 Å². The number of hydrogen-bond acceptors (Lipinski definition) is 3. The number of aromatic amines is 1. The maximum atomic E-state index is 12.8. The maximum Gasteiger partial charge on any atom is 0.251 e. The van der Waals surface area contributed by atoms with E-state index in [0.29, 0.717) is 11.3 Å². The van der Waals surface area contributed by atoms with Crippen molar-refractivity contribution in [2.75, 3.05) is 0 Å². The Morgan fingerprint density at radius 2 is 2.14 bits per heavy atom. The Morgan fingerprint density at radius 3 is 2.86 bits per heavy atom. The summed E-state index contributed by atoms with van der Waals surface area (Å²) in [4.78, 5) is 20.9. The highest BCUT2D eigenvalue weighted by Gasteiger charge is 2.01. The number of nitrogens with one attached hydrogen (secondary N) is 1. The van der Waals surface area contributed by atoms with Crippen molar-refractivity contribution in [1.82, 2.24) is 15.0 Å². The van der Waals surface area contributed by atoms with Crippen LogP contribution in [0.2, 0.25) is 0 Å². The zero-order valence-electron chi connectivity index (χ0n) is 7.07. The van der Waals surface area contributed by atoms with Gasteiger partial charge in [0.25, 0.3) is 5.56 Å². The molecule has 0 bridgehead atoms. The molecule has 0 spiro atoms. The van der Waals surface area contributed by atoms with Gasteiger partial charge in [0.05, 0.1) is 18.2 Å². The van der Waals surface area contributed by atoms with Gasteiger partial charge in [0.15, 0.2) is 0 Å². The molecule has 0 aromatic carbocycles. The molecule has 0 amide bonds. The lowest BCUT2D eigenvalue weighted by atomic mass is 10.2. The number of pyridine rings is 1. The average molecular weight is 191 g/mol. The van der Waals surface area contributed by atoms with Crippen molar-refractivity contribution in [3.05, 3.63) is 47.0 Å². The number of rotatable bonds is 1. The summed E-state index contributed by atoms with van der Waals surface area (Å²) < 4.78 is 12.8. The summed E-state index contributed by atoms with van der Waals surface area (Å²) in [5.41, 5.74) is 0.608. The summed E-state index contributed by atoms with van der Waals surface area (Å²) in [7, 11) is 0. The lowest BCUT2D eigenvalue weighted by molar-refractivity contribution is 0.622. The van der Waals surface area contributed by atoms with Crippen molar-refractivity contribution in [3.8, 4) is 11.3 Å². The topological polar surface area (TPSA) is 58.6 Å². The molecule has 5 heteroatoms. The highest BCUT2D eigenvalue weighted by Crippen LogP contribution is 2.13. The highest BCUT2D eigenvalue weighted by atomic mass is 19.1. The number of H-pyrrole nitrogens is 1. The maximum absolute atomic E-state index is 12.8. The molecular formula is C9H6FN3O. The smallest absolute Gasteiger partial charge is 0.251 e. The number of nitrogens with zero attached hydrogens (tertiary/aromatic N) is 2. The molecule has 0 fully saturated rings. The molecule has 0 saturated carbocycles. The van der Waals surface area contributed by atoms with Crippen molar-refractivity contribution in [1.29, 1.82) is 0 Å². The summed E-state index contributed by atoms with van der Waals surface area (Å²) in [6.07, 6.45) is 3.81. The number of aromatic nitrogens is 3. The van der Waals surface area contributed by atoms with Crippen LogP contribution in [0, 0.1) is 5.82 Å². The van der Waals surface area contributed by atoms with Crippen molar-refractivity contribution in [3.63, 3.8) is 0 Å². The van der Waals surface area contributed by atoms with E-state index < -0.39 is 5.82 Å². The van der Waals surface area contributed by atoms with Gasteiger partial charge in [0, 0.05) is 17.8 Å². The fourth-order valence-electron chi connectivity index (χ4n) is 1.08. The van der Waals surface area contributed by atoms with Crippen LogP contribution in [-0.2, 0) is 0 Å². The van der Waals surface area contributed by atoms with Gasteiger partial charge in [-0.2, -0.15) is 0 Å². The van der Waals surface area contributed by atoms with Crippen LogP contribution in [0.1, 0.15) is 0 Å². The summed E-state index contributed by atoms with van der Waals surface area (Å²) in [5, 5.41) is 0. The first-order valence-electron chi connectivity index (χ1n) is 3.91. The minimum Gasteiger partial charge on any atom is -0.313 e. The lowest BCUT2D eigenvalue weighted by Crippen LogP contribution is -2.04. The van der Waals surface area contributed by atoms with Crippen LogP contribution in [0.5, 0.6) is 0 Å². The van der Waals surface area contributed by atoms with Crippen molar-refractivity contribution in [2.45, 2.75) is 0 Å². The van der Waals surface area contributed by atoms with Crippen LogP contribution < -0.4 is 5.56 Å². The number of hydrogen-bond donors (Lipinski definition) is 1. The van der Waals surface area contributed by atoms with E-state index in [9.17, 15) is 9.18 Å². The normalized spacial score (nSPS) is 10.1. The molecule has 0 aliphatic carbocycles. The third-order valence-electron chi connectivity index (χ3n) is 1.68. The van der Waals surface area contributed by atoms with Gasteiger partial charge in [-0.15, -0.1) is 0 Å². The molecule has 0 unspecified atom stereocenters. The first kappa shape index (κ1) is 8.55. The van der Waals surface area contributed by atoms with Crippen LogP contribution in [0.25, 0.3) is 11.3 Å². The quantitative estimate of drug-likeness (QED) is 0.730. The summed E-state index contributed by atoms with van der Waals surface area (Å²) in [5.74, 6) is -0.454. The summed E-state index contributed by atoms with van der Waals surface area (Å²) in [6, 6.07) is 2.56. The second kappa shape index (κ2) is 3.37. The molecule has 2 aromatic rings. The van der Waals surface area contributed by atoms with Gasteiger partial charge in [-0.25, -0.2) is 9.37 Å². The van der Waals surface area contributed by atoms with Crippen LogP contribution in [0.15, 0.2) is 35.6 Å². The molecule has 0 saturated heterocycles. The van der Waals surface area contributed by atoms with Gasteiger partial charge in [-0.1, -0.05) is 0 Å². The minimum absolute atomic E-state index is 0.278. The molecule has 0 aliphatic rings. The summed E-state index contributed by atoms with van der Waals surface area (Å²) >= 11 is 0. The van der Waals surface area contributed by atoms with Gasteiger partial charge in [-0.3, -0.25) is 9.78 Å². The second-order valence-corrected chi connectivity index (χ2v) is 2.69. The molecule has 0 radical (unpaired) electrons. The molecule has 2 heterocycles. The predicted octanol–water partition coefficient (Wildman–Crippen LogP) is 0.971. The third kappa shape index (κ3) is 1.66. The molecule has 2 aromatic heterocycles. The molecule has 1 N–H and O–H groups in total. The first-order valence-corrected chi connectivity index (χ1v) is 3.91. The number of halogens is 1. The Bertz CT molecular complexity index is 509. The van der Waals surface area contributed by atoms with Crippen LogP contribution >= 0.6 is 0 Å². The lowest BCUT2D eigenvalue weighted by Gasteiger charge is -1.97. The molecule has 0 aliphatic heterocycles. The Balaban J connectivity index is 2.55. The zero-order valence-corrected chi connectivity index (χ0v) is 7.07. The Morgan fingerprint density at radius 1 is 1.29 bits per heavy atom. The van der Waals surface area contributed by atoms with Crippen LogP contribution in [0.3, 0.4) is 0 Å². The second-order valence-electron chi connectivity index (χ2n) is 2.69. The van der Waals surface area contributed by atoms with Crippen molar-refractivity contribution >= 4 is 0 Å². The van der Waals surface area contributed by atoms with E-state index in [4.69, 9.17) is 0 Å². The molecule has 14 heavy (non-hydrogen) atoms. The highest BCUT2D eigenvalue weighted by molar-refractivity contribution is 5.56. The van der Waals surface area contributed by atoms with Gasteiger partial charge < -0.3 is 4.98 Å². The van der Waals surface area contributed by atoms with Gasteiger partial charge in [0.2, 0.25) is 0 Å². The van der Waals surface area contributed by atoms with Crippen molar-refractivity contribution in [2.24, 2.45) is 0 Å². The van der Waals surface area contributed by atoms with E-state index in [-0.39, 0.29) is 5.56 Å². The minimum atomic E-state index is -0.454. The fourth-order valence-corrected chi connectivity index (χ4v) is 1.08. The van der Waals surface area contributed by atoms with E-state index in [1.807, 2.05) is 0 Å². The zero-order chi connectivity index (χ0) is 9.97. The van der Waals surface area contributed by atoms with E-state index >= 15 is 0 Å². The first-order chi connectivity index (χ1) is 6.75. The van der Waals surface area contributed by atoms with E-state index in [1.54, 1.807) is 0 Å². The predicted molar refractivity (Wildman–Crippen MR) is 48.0 cm³/mol. The standard InChI is InChI=1S/C9H6FN3O/c10-7-1-6(3-11-4-7)8-2-9(14)13-5-12-8/h1-5H,(H,12,13,14). The van der Waals surface area contributed by atoms with Gasteiger partial charge in [0.1, 0.15) is 5.82 Å². The molecular weight excluding hydrogens is 185 g/mol. The Kier molecular flexibility index (Phi) is 2.06. The van der Waals surface area contributed by atoms with Crippen LogP contribution in [-0.4, -0.2) is 15.0 Å². The van der Waals surface area contributed by atoms with Gasteiger partial charge >= 0.3 is 0 Å². The Hall–Kier alpha value is -2.04. The molecule has 70 valence electrons. The largest absolute Gasteiger partial charge is 0.313 e. The summed E-state index contributed by atoms with van der Waals surface area (Å²) in [6.45, 7) is 0. The average Bonchev–Trinajstić information content (AvgIpc) is 2.18. The van der Waals surface area contributed by atoms with Gasteiger partial charge in [-0.05, 0) is 6.07 Å². The molecule has 0 atom stereocenters. The SMILES string of the molecule is O=c1cc(-c2cncc(F)c2)nc[nH]1. The molecule has 4 nitrogen and oxygen atoms in total.